The quantitative estimate of drug-likeness (QED) is 0.829. The molecular weight excluding hydrogens is 236 g/mol. The number of carbonyl (C=O) groups is 1. The van der Waals surface area contributed by atoms with Gasteiger partial charge in [0.15, 0.2) is 5.78 Å². The first kappa shape index (κ1) is 12.4. The predicted molar refractivity (Wildman–Crippen MR) is 77.6 cm³/mol. The number of carbonyl (C=O) groups excluding carboxylic acids is 1. The number of piperidine rings is 1. The number of hydrogen-bond donors (Lipinski definition) is 2. The number of aromatic amines is 1. The summed E-state index contributed by atoms with van der Waals surface area (Å²) in [6, 6.07) is 6.20. The summed E-state index contributed by atoms with van der Waals surface area (Å²) in [5, 5.41) is 4.40. The van der Waals surface area contributed by atoms with Crippen LogP contribution in [-0.2, 0) is 6.42 Å². The summed E-state index contributed by atoms with van der Waals surface area (Å²) in [7, 11) is 0. The van der Waals surface area contributed by atoms with Crippen LogP contribution in [0.5, 0.6) is 0 Å². The number of hydrogen-bond acceptors (Lipinski definition) is 2. The first-order chi connectivity index (χ1) is 9.31. The molecule has 0 spiro atoms. The minimum Gasteiger partial charge on any atom is -0.360 e. The van der Waals surface area contributed by atoms with Crippen LogP contribution in [0.3, 0.4) is 0 Å². The lowest BCUT2D eigenvalue weighted by atomic mass is 9.95. The van der Waals surface area contributed by atoms with Crippen molar-refractivity contribution in [3.05, 3.63) is 35.5 Å². The SMILES string of the molecule is CCc1cccc2c(C(=O)C3CCCCN3)c[nH]c12. The van der Waals surface area contributed by atoms with E-state index in [9.17, 15) is 4.79 Å². The first-order valence-electron chi connectivity index (χ1n) is 7.18. The Balaban J connectivity index is 1.98. The number of fused-ring (bicyclic) bond motifs is 1. The second-order valence-corrected chi connectivity index (χ2v) is 5.26. The molecule has 0 bridgehead atoms. The van der Waals surface area contributed by atoms with E-state index in [4.69, 9.17) is 0 Å². The Labute approximate surface area is 113 Å². The lowest BCUT2D eigenvalue weighted by Crippen LogP contribution is -2.40. The first-order valence-corrected chi connectivity index (χ1v) is 7.18. The smallest absolute Gasteiger partial charge is 0.181 e. The van der Waals surface area contributed by atoms with Gasteiger partial charge in [-0.05, 0) is 31.4 Å². The summed E-state index contributed by atoms with van der Waals surface area (Å²) in [6.45, 7) is 3.10. The standard InChI is InChI=1S/C16H20N2O/c1-2-11-6-5-7-12-13(10-18-15(11)12)16(19)14-8-3-4-9-17-14/h5-7,10,14,17-18H,2-4,8-9H2,1H3. The van der Waals surface area contributed by atoms with Crippen LogP contribution in [0.25, 0.3) is 10.9 Å². The molecule has 3 nitrogen and oxygen atoms in total. The van der Waals surface area contributed by atoms with E-state index in [0.29, 0.717) is 0 Å². The maximum Gasteiger partial charge on any atom is 0.181 e. The van der Waals surface area contributed by atoms with Gasteiger partial charge in [-0.15, -0.1) is 0 Å². The number of para-hydroxylation sites is 1. The van der Waals surface area contributed by atoms with Gasteiger partial charge in [0.05, 0.1) is 6.04 Å². The van der Waals surface area contributed by atoms with Crippen LogP contribution in [-0.4, -0.2) is 23.4 Å². The fourth-order valence-corrected chi connectivity index (χ4v) is 2.98. The molecule has 1 saturated heterocycles. The highest BCUT2D eigenvalue weighted by Gasteiger charge is 2.24. The molecule has 3 rings (SSSR count). The second kappa shape index (κ2) is 5.17. The highest BCUT2D eigenvalue weighted by atomic mass is 16.1. The number of nitrogens with one attached hydrogen (secondary N) is 2. The van der Waals surface area contributed by atoms with Gasteiger partial charge in [0, 0.05) is 22.7 Å². The minimum atomic E-state index is -0.00182. The lowest BCUT2D eigenvalue weighted by Gasteiger charge is -2.21. The van der Waals surface area contributed by atoms with Crippen molar-refractivity contribution >= 4 is 16.7 Å². The van der Waals surface area contributed by atoms with Crippen molar-refractivity contribution in [2.75, 3.05) is 6.54 Å². The number of H-pyrrole nitrogens is 1. The Morgan fingerprint density at radius 1 is 1.37 bits per heavy atom. The molecule has 0 saturated carbocycles. The van der Waals surface area contributed by atoms with E-state index in [2.05, 4.69) is 23.3 Å². The topological polar surface area (TPSA) is 44.9 Å². The van der Waals surface area contributed by atoms with Crippen LogP contribution in [0.1, 0.15) is 42.1 Å². The van der Waals surface area contributed by atoms with Crippen LogP contribution in [0.2, 0.25) is 0 Å². The third-order valence-electron chi connectivity index (χ3n) is 4.07. The van der Waals surface area contributed by atoms with E-state index < -0.39 is 0 Å². The molecule has 1 unspecified atom stereocenters. The maximum atomic E-state index is 12.6. The van der Waals surface area contributed by atoms with Crippen molar-refractivity contribution in [2.45, 2.75) is 38.6 Å². The zero-order valence-corrected chi connectivity index (χ0v) is 11.3. The van der Waals surface area contributed by atoms with Gasteiger partial charge in [-0.1, -0.05) is 31.5 Å². The monoisotopic (exact) mass is 256 g/mol. The summed E-state index contributed by atoms with van der Waals surface area (Å²) < 4.78 is 0. The molecule has 19 heavy (non-hydrogen) atoms. The van der Waals surface area contributed by atoms with Crippen molar-refractivity contribution in [3.8, 4) is 0 Å². The third-order valence-corrected chi connectivity index (χ3v) is 4.07. The highest BCUT2D eigenvalue weighted by Crippen LogP contribution is 2.24. The average Bonchev–Trinajstić information content (AvgIpc) is 2.91. The zero-order chi connectivity index (χ0) is 13.2. The molecular formula is C16H20N2O. The van der Waals surface area contributed by atoms with Gasteiger partial charge in [-0.3, -0.25) is 4.79 Å². The fraction of sp³-hybridized carbons (Fsp3) is 0.438. The maximum absolute atomic E-state index is 12.6. The summed E-state index contributed by atoms with van der Waals surface area (Å²) in [5.41, 5.74) is 3.22. The normalized spacial score (nSPS) is 19.7. The van der Waals surface area contributed by atoms with E-state index in [1.807, 2.05) is 18.3 Å². The van der Waals surface area contributed by atoms with Crippen LogP contribution in [0.15, 0.2) is 24.4 Å². The van der Waals surface area contributed by atoms with Crippen molar-refractivity contribution in [1.29, 1.82) is 0 Å². The number of aromatic nitrogens is 1. The van der Waals surface area contributed by atoms with Crippen LogP contribution >= 0.6 is 0 Å². The third kappa shape index (κ3) is 2.19. The van der Waals surface area contributed by atoms with Crippen molar-refractivity contribution in [1.82, 2.24) is 10.3 Å². The highest BCUT2D eigenvalue weighted by molar-refractivity contribution is 6.10. The molecule has 1 fully saturated rings. The van der Waals surface area contributed by atoms with Gasteiger partial charge in [0.1, 0.15) is 0 Å². The van der Waals surface area contributed by atoms with E-state index in [0.717, 1.165) is 42.3 Å². The van der Waals surface area contributed by atoms with E-state index >= 15 is 0 Å². The minimum absolute atomic E-state index is 0.00182. The Morgan fingerprint density at radius 2 is 2.26 bits per heavy atom. The number of Topliss-reactive ketones (excluding diaryl/α,β-unsaturated/α-hetero) is 1. The summed E-state index contributed by atoms with van der Waals surface area (Å²) in [6.07, 6.45) is 6.14. The molecule has 1 aliphatic heterocycles. The molecule has 3 heteroatoms. The molecule has 2 N–H and O–H groups in total. The van der Waals surface area contributed by atoms with Crippen LogP contribution < -0.4 is 5.32 Å². The molecule has 100 valence electrons. The molecule has 2 aromatic rings. The average molecular weight is 256 g/mol. The Hall–Kier alpha value is -1.61. The zero-order valence-electron chi connectivity index (χ0n) is 11.3. The summed E-state index contributed by atoms with van der Waals surface area (Å²) in [4.78, 5) is 15.9. The number of rotatable bonds is 3. The van der Waals surface area contributed by atoms with Gasteiger partial charge < -0.3 is 10.3 Å². The lowest BCUT2D eigenvalue weighted by molar-refractivity contribution is 0.0929. The van der Waals surface area contributed by atoms with Crippen molar-refractivity contribution < 1.29 is 4.79 Å². The molecule has 0 radical (unpaired) electrons. The molecule has 1 atom stereocenters. The fourth-order valence-electron chi connectivity index (χ4n) is 2.98. The van der Waals surface area contributed by atoms with Crippen LogP contribution in [0.4, 0.5) is 0 Å². The van der Waals surface area contributed by atoms with Crippen LogP contribution in [0, 0.1) is 0 Å². The summed E-state index contributed by atoms with van der Waals surface area (Å²) in [5.74, 6) is 0.235. The molecule has 1 aliphatic rings. The van der Waals surface area contributed by atoms with E-state index in [1.165, 1.54) is 12.0 Å². The van der Waals surface area contributed by atoms with Gasteiger partial charge in [-0.25, -0.2) is 0 Å². The molecule has 0 amide bonds. The molecule has 1 aromatic carbocycles. The molecule has 1 aromatic heterocycles. The Morgan fingerprint density at radius 3 is 3.00 bits per heavy atom. The van der Waals surface area contributed by atoms with Crippen molar-refractivity contribution in [3.63, 3.8) is 0 Å². The van der Waals surface area contributed by atoms with Gasteiger partial charge in [0.25, 0.3) is 0 Å². The second-order valence-electron chi connectivity index (χ2n) is 5.26. The van der Waals surface area contributed by atoms with Gasteiger partial charge >= 0.3 is 0 Å². The number of aryl methyl sites for hydroxylation is 1. The largest absolute Gasteiger partial charge is 0.360 e. The summed E-state index contributed by atoms with van der Waals surface area (Å²) >= 11 is 0. The van der Waals surface area contributed by atoms with Crippen molar-refractivity contribution in [2.24, 2.45) is 0 Å². The van der Waals surface area contributed by atoms with E-state index in [1.54, 1.807) is 0 Å². The number of benzene rings is 1. The molecule has 0 aliphatic carbocycles. The van der Waals surface area contributed by atoms with Gasteiger partial charge in [-0.2, -0.15) is 0 Å². The van der Waals surface area contributed by atoms with Gasteiger partial charge in [0.2, 0.25) is 0 Å². The predicted octanol–water partition coefficient (Wildman–Crippen LogP) is 3.06. The molecule has 2 heterocycles. The Bertz CT molecular complexity index is 594. The van der Waals surface area contributed by atoms with E-state index in [-0.39, 0.29) is 11.8 Å². The number of ketones is 1. The Kier molecular flexibility index (Phi) is 3.38.